The largest absolute Gasteiger partial charge is 0.410 e. The number of carbonyl (C=O) groups is 1. The minimum absolute atomic E-state index is 0.225. The first-order valence-corrected chi connectivity index (χ1v) is 2.59. The molecule has 0 saturated heterocycles. The van der Waals surface area contributed by atoms with Crippen molar-refractivity contribution in [2.75, 3.05) is 6.61 Å². The van der Waals surface area contributed by atoms with Crippen LogP contribution in [0.2, 0.25) is 0 Å². The zero-order chi connectivity index (χ0) is 7.28. The van der Waals surface area contributed by atoms with Crippen molar-refractivity contribution in [3.8, 4) is 0 Å². The molecule has 0 aromatic rings. The van der Waals surface area contributed by atoms with Crippen LogP contribution in [0.3, 0.4) is 0 Å². The molecule has 0 spiro atoms. The van der Waals surface area contributed by atoms with Crippen molar-refractivity contribution < 1.29 is 14.6 Å². The topological polar surface area (TPSA) is 70.4 Å². The van der Waals surface area contributed by atoms with Crippen LogP contribution in [-0.4, -0.2) is 23.6 Å². The molecule has 0 unspecified atom stereocenters. The quantitative estimate of drug-likeness (QED) is 0.312. The zero-order valence-corrected chi connectivity index (χ0v) is 5.18. The average molecular weight is 131 g/mol. The maximum Gasteiger partial charge on any atom is 0.312 e. The van der Waals surface area contributed by atoms with Crippen LogP contribution in [0, 0.1) is 5.41 Å². The Bertz CT molecular complexity index is 107. The molecule has 0 aliphatic rings. The molecule has 0 aliphatic carbocycles. The van der Waals surface area contributed by atoms with Crippen LogP contribution in [0.15, 0.2) is 0 Å². The fraction of sp³-hybridized carbons (Fsp3) is 0.600. The standard InChI is InChI=1S/C5H9NO3/c1-2-5(8)9-4(6)3-7/h6-7H,2-3H2,1H3. The fourth-order valence-corrected chi connectivity index (χ4v) is 0.242. The Labute approximate surface area is 53.0 Å². The van der Waals surface area contributed by atoms with Crippen LogP contribution >= 0.6 is 0 Å². The lowest BCUT2D eigenvalue weighted by Crippen LogP contribution is -2.13. The molecule has 0 saturated carbocycles. The molecule has 0 heterocycles. The number of nitrogens with one attached hydrogen (secondary N) is 1. The molecule has 9 heavy (non-hydrogen) atoms. The van der Waals surface area contributed by atoms with Gasteiger partial charge in [-0.1, -0.05) is 6.92 Å². The van der Waals surface area contributed by atoms with Gasteiger partial charge in [-0.25, -0.2) is 0 Å². The van der Waals surface area contributed by atoms with E-state index >= 15 is 0 Å². The lowest BCUT2D eigenvalue weighted by molar-refractivity contribution is -0.135. The average Bonchev–Trinajstić information content (AvgIpc) is 1.87. The number of carbonyl (C=O) groups excluding carboxylic acids is 1. The van der Waals surface area contributed by atoms with Crippen molar-refractivity contribution in [2.24, 2.45) is 0 Å². The Balaban J connectivity index is 3.47. The van der Waals surface area contributed by atoms with E-state index in [-0.39, 0.29) is 6.42 Å². The predicted octanol–water partition coefficient (Wildman–Crippen LogP) is -0.0908. The van der Waals surface area contributed by atoms with Crippen LogP contribution in [0.5, 0.6) is 0 Å². The first kappa shape index (κ1) is 8.10. The lowest BCUT2D eigenvalue weighted by Gasteiger charge is -1.98. The second kappa shape index (κ2) is 4.03. The molecule has 0 amide bonds. The Morgan fingerprint density at radius 1 is 1.78 bits per heavy atom. The van der Waals surface area contributed by atoms with Gasteiger partial charge in [0.15, 0.2) is 0 Å². The summed E-state index contributed by atoms with van der Waals surface area (Å²) in [6, 6.07) is 0. The van der Waals surface area contributed by atoms with Crippen LogP contribution in [0.25, 0.3) is 0 Å². The van der Waals surface area contributed by atoms with E-state index in [1.54, 1.807) is 6.92 Å². The number of hydrogen-bond donors (Lipinski definition) is 2. The van der Waals surface area contributed by atoms with Crippen molar-refractivity contribution in [3.05, 3.63) is 0 Å². The molecule has 0 radical (unpaired) electrons. The molecular formula is C5H9NO3. The van der Waals surface area contributed by atoms with Gasteiger partial charge in [-0.05, 0) is 0 Å². The van der Waals surface area contributed by atoms with Crippen molar-refractivity contribution in [3.63, 3.8) is 0 Å². The van der Waals surface area contributed by atoms with E-state index in [4.69, 9.17) is 10.5 Å². The fourth-order valence-electron chi connectivity index (χ4n) is 0.242. The van der Waals surface area contributed by atoms with Gasteiger partial charge in [0.2, 0.25) is 5.90 Å². The first-order chi connectivity index (χ1) is 4.20. The molecule has 2 N–H and O–H groups in total. The zero-order valence-electron chi connectivity index (χ0n) is 5.18. The molecule has 52 valence electrons. The number of aliphatic hydroxyl groups excluding tert-OH is 1. The van der Waals surface area contributed by atoms with Crippen molar-refractivity contribution >= 4 is 11.9 Å². The molecule has 0 rings (SSSR count). The number of esters is 1. The Morgan fingerprint density at radius 2 is 2.33 bits per heavy atom. The third kappa shape index (κ3) is 3.66. The molecule has 4 heteroatoms. The van der Waals surface area contributed by atoms with Gasteiger partial charge in [-0.15, -0.1) is 0 Å². The molecule has 0 fully saturated rings. The Hall–Kier alpha value is -0.900. The minimum Gasteiger partial charge on any atom is -0.410 e. The van der Waals surface area contributed by atoms with E-state index in [1.165, 1.54) is 0 Å². The first-order valence-electron chi connectivity index (χ1n) is 2.59. The summed E-state index contributed by atoms with van der Waals surface area (Å²) in [6.45, 7) is 1.10. The third-order valence-electron chi connectivity index (χ3n) is 0.669. The van der Waals surface area contributed by atoms with E-state index in [9.17, 15) is 4.79 Å². The Morgan fingerprint density at radius 3 is 2.67 bits per heavy atom. The van der Waals surface area contributed by atoms with Crippen molar-refractivity contribution in [1.82, 2.24) is 0 Å². The molecule has 0 aliphatic heterocycles. The number of hydrogen-bond acceptors (Lipinski definition) is 4. The summed E-state index contributed by atoms with van der Waals surface area (Å²) in [7, 11) is 0. The second-order valence-corrected chi connectivity index (χ2v) is 1.41. The van der Waals surface area contributed by atoms with Gasteiger partial charge in [0.25, 0.3) is 0 Å². The van der Waals surface area contributed by atoms with Crippen molar-refractivity contribution in [2.45, 2.75) is 13.3 Å². The lowest BCUT2D eigenvalue weighted by atomic mass is 10.5. The summed E-state index contributed by atoms with van der Waals surface area (Å²) >= 11 is 0. The van der Waals surface area contributed by atoms with Gasteiger partial charge in [-0.2, -0.15) is 0 Å². The van der Waals surface area contributed by atoms with Gasteiger partial charge in [-0.3, -0.25) is 10.2 Å². The third-order valence-corrected chi connectivity index (χ3v) is 0.669. The van der Waals surface area contributed by atoms with Crippen molar-refractivity contribution in [1.29, 1.82) is 5.41 Å². The Kier molecular flexibility index (Phi) is 3.62. The summed E-state index contributed by atoms with van der Waals surface area (Å²) in [5, 5.41) is 14.9. The molecule has 0 aromatic carbocycles. The van der Waals surface area contributed by atoms with E-state index in [2.05, 4.69) is 4.74 Å². The van der Waals surface area contributed by atoms with Gasteiger partial charge in [0, 0.05) is 6.42 Å². The van der Waals surface area contributed by atoms with Gasteiger partial charge in [0.05, 0.1) is 0 Å². The van der Waals surface area contributed by atoms with Crippen LogP contribution in [0.4, 0.5) is 0 Å². The molecular weight excluding hydrogens is 122 g/mol. The van der Waals surface area contributed by atoms with E-state index < -0.39 is 18.5 Å². The highest BCUT2D eigenvalue weighted by Gasteiger charge is 2.00. The molecule has 0 atom stereocenters. The minimum atomic E-state index is -0.522. The normalized spacial score (nSPS) is 8.67. The summed E-state index contributed by atoms with van der Waals surface area (Å²) in [5.74, 6) is -0.893. The van der Waals surface area contributed by atoms with Crippen LogP contribution < -0.4 is 0 Å². The van der Waals surface area contributed by atoms with Crippen LogP contribution in [-0.2, 0) is 9.53 Å². The van der Waals surface area contributed by atoms with E-state index in [0.717, 1.165) is 0 Å². The monoisotopic (exact) mass is 131 g/mol. The van der Waals surface area contributed by atoms with Gasteiger partial charge < -0.3 is 9.84 Å². The van der Waals surface area contributed by atoms with Crippen LogP contribution in [0.1, 0.15) is 13.3 Å². The molecule has 0 bridgehead atoms. The molecule has 0 aromatic heterocycles. The summed E-state index contributed by atoms with van der Waals surface area (Å²) < 4.78 is 4.24. The summed E-state index contributed by atoms with van der Waals surface area (Å²) in [6.07, 6.45) is 0.225. The second-order valence-electron chi connectivity index (χ2n) is 1.41. The highest BCUT2D eigenvalue weighted by molar-refractivity contribution is 5.87. The van der Waals surface area contributed by atoms with Gasteiger partial charge >= 0.3 is 5.97 Å². The summed E-state index contributed by atoms with van der Waals surface area (Å²) in [5.41, 5.74) is 0. The smallest absolute Gasteiger partial charge is 0.312 e. The highest BCUT2D eigenvalue weighted by Crippen LogP contribution is 1.84. The number of aliphatic hydroxyl groups is 1. The van der Waals surface area contributed by atoms with E-state index in [0.29, 0.717) is 0 Å². The maximum atomic E-state index is 10.3. The number of rotatable bonds is 2. The highest BCUT2D eigenvalue weighted by atomic mass is 16.5. The van der Waals surface area contributed by atoms with Gasteiger partial charge in [0.1, 0.15) is 6.61 Å². The molecule has 4 nitrogen and oxygen atoms in total. The van der Waals surface area contributed by atoms with E-state index in [1.807, 2.05) is 0 Å². The number of ether oxygens (including phenoxy) is 1. The predicted molar refractivity (Wildman–Crippen MR) is 31.2 cm³/mol. The summed E-state index contributed by atoms with van der Waals surface area (Å²) in [4.78, 5) is 10.3. The SMILES string of the molecule is CCC(=O)OC(=N)CO. The maximum absolute atomic E-state index is 10.3.